The Kier molecular flexibility index (Phi) is 11.9. The van der Waals surface area contributed by atoms with Crippen LogP contribution in [0, 0.1) is 0 Å². The van der Waals surface area contributed by atoms with Gasteiger partial charge in [-0.25, -0.2) is 0 Å². The molecule has 76 valence electrons. The molecule has 0 radical (unpaired) electrons. The Labute approximate surface area is 91.2 Å². The van der Waals surface area contributed by atoms with E-state index in [1.54, 1.807) is 0 Å². The molecule has 0 saturated heterocycles. The minimum absolute atomic E-state index is 1.09. The summed E-state index contributed by atoms with van der Waals surface area (Å²) in [6, 6.07) is 0. The van der Waals surface area contributed by atoms with Gasteiger partial charge in [0, 0.05) is 5.33 Å². The van der Waals surface area contributed by atoms with Crippen LogP contribution < -0.4 is 0 Å². The molecule has 13 heavy (non-hydrogen) atoms. The summed E-state index contributed by atoms with van der Waals surface area (Å²) in [6.07, 6.45) is 16.6. The highest BCUT2D eigenvalue weighted by molar-refractivity contribution is 9.09. The van der Waals surface area contributed by atoms with Crippen molar-refractivity contribution in [3.05, 3.63) is 24.3 Å². The first-order valence-corrected chi connectivity index (χ1v) is 6.40. The van der Waals surface area contributed by atoms with Crippen LogP contribution >= 0.6 is 15.9 Å². The van der Waals surface area contributed by atoms with Crippen molar-refractivity contribution in [1.29, 1.82) is 0 Å². The standard InChI is InChI=1S/C12H21Br/c1-2-3-4-5-6-7-8-9-10-11-12-13/h3-4,9-10H,2,5-8,11-12H2,1H3/b4-3-,10-9?. The molecule has 1 heteroatoms. The van der Waals surface area contributed by atoms with Gasteiger partial charge >= 0.3 is 0 Å². The highest BCUT2D eigenvalue weighted by Crippen LogP contribution is 2.02. The SMILES string of the molecule is CC/C=C\CCCCC=CCCBr. The fourth-order valence-corrected chi connectivity index (χ4v) is 1.37. The topological polar surface area (TPSA) is 0 Å². The predicted molar refractivity (Wildman–Crippen MR) is 65.5 cm³/mol. The second-order valence-electron chi connectivity index (χ2n) is 3.11. The average Bonchev–Trinajstić information content (AvgIpc) is 2.16. The van der Waals surface area contributed by atoms with Crippen molar-refractivity contribution in [2.75, 3.05) is 5.33 Å². The van der Waals surface area contributed by atoms with Crippen LogP contribution in [-0.2, 0) is 0 Å². The van der Waals surface area contributed by atoms with Gasteiger partial charge in [-0.2, -0.15) is 0 Å². The van der Waals surface area contributed by atoms with Crippen molar-refractivity contribution < 1.29 is 0 Å². The van der Waals surface area contributed by atoms with E-state index >= 15 is 0 Å². The summed E-state index contributed by atoms with van der Waals surface area (Å²) in [7, 11) is 0. The molecular weight excluding hydrogens is 224 g/mol. The van der Waals surface area contributed by atoms with Gasteiger partial charge in [-0.3, -0.25) is 0 Å². The second kappa shape index (κ2) is 12.0. The Morgan fingerprint density at radius 2 is 1.38 bits per heavy atom. The molecule has 0 aromatic heterocycles. The molecule has 0 aromatic carbocycles. The van der Waals surface area contributed by atoms with Crippen LogP contribution in [0.2, 0.25) is 0 Å². The first kappa shape index (κ1) is 13.0. The Morgan fingerprint density at radius 3 is 1.92 bits per heavy atom. The van der Waals surface area contributed by atoms with Crippen LogP contribution in [0.25, 0.3) is 0 Å². The summed E-state index contributed by atoms with van der Waals surface area (Å²) in [5, 5.41) is 1.09. The van der Waals surface area contributed by atoms with E-state index in [9.17, 15) is 0 Å². The third-order valence-electron chi connectivity index (χ3n) is 1.84. The summed E-state index contributed by atoms with van der Waals surface area (Å²) in [6.45, 7) is 2.18. The minimum Gasteiger partial charge on any atom is -0.0925 e. The molecule has 0 fully saturated rings. The molecule has 0 aliphatic carbocycles. The van der Waals surface area contributed by atoms with Gasteiger partial charge in [0.05, 0.1) is 0 Å². The van der Waals surface area contributed by atoms with Crippen LogP contribution in [0.15, 0.2) is 24.3 Å². The Bertz CT molecular complexity index is 136. The van der Waals surface area contributed by atoms with Crippen molar-refractivity contribution in [2.45, 2.75) is 45.4 Å². The molecule has 0 nitrogen and oxygen atoms in total. The lowest BCUT2D eigenvalue weighted by Gasteiger charge is -1.92. The van der Waals surface area contributed by atoms with Gasteiger partial charge in [0.25, 0.3) is 0 Å². The van der Waals surface area contributed by atoms with Gasteiger partial charge in [-0.05, 0) is 38.5 Å². The molecule has 0 aliphatic heterocycles. The molecule has 0 atom stereocenters. The highest BCUT2D eigenvalue weighted by atomic mass is 79.9. The van der Waals surface area contributed by atoms with E-state index < -0.39 is 0 Å². The maximum absolute atomic E-state index is 3.40. The number of allylic oxidation sites excluding steroid dienone is 4. The summed E-state index contributed by atoms with van der Waals surface area (Å²) in [5.41, 5.74) is 0. The zero-order chi connectivity index (χ0) is 9.78. The third kappa shape index (κ3) is 12.0. The molecule has 0 spiro atoms. The van der Waals surface area contributed by atoms with Crippen LogP contribution in [0.5, 0.6) is 0 Å². The van der Waals surface area contributed by atoms with E-state index in [-0.39, 0.29) is 0 Å². The summed E-state index contributed by atoms with van der Waals surface area (Å²) in [5.74, 6) is 0. The normalized spacial score (nSPS) is 11.8. The van der Waals surface area contributed by atoms with E-state index in [1.807, 2.05) is 0 Å². The van der Waals surface area contributed by atoms with Gasteiger partial charge in [-0.1, -0.05) is 47.2 Å². The van der Waals surface area contributed by atoms with E-state index in [0.717, 1.165) is 11.8 Å². The number of halogens is 1. The lowest BCUT2D eigenvalue weighted by molar-refractivity contribution is 0.759. The molecule has 0 saturated carbocycles. The highest BCUT2D eigenvalue weighted by Gasteiger charge is 1.83. The van der Waals surface area contributed by atoms with Gasteiger partial charge in [0.1, 0.15) is 0 Å². The summed E-state index contributed by atoms with van der Waals surface area (Å²) < 4.78 is 0. The Morgan fingerprint density at radius 1 is 0.846 bits per heavy atom. The van der Waals surface area contributed by atoms with Gasteiger partial charge in [0.2, 0.25) is 0 Å². The lowest BCUT2D eigenvalue weighted by Crippen LogP contribution is -1.73. The second-order valence-corrected chi connectivity index (χ2v) is 3.91. The number of unbranched alkanes of at least 4 members (excludes halogenated alkanes) is 3. The molecule has 0 amide bonds. The molecule has 0 aliphatic rings. The van der Waals surface area contributed by atoms with Crippen molar-refractivity contribution in [3.8, 4) is 0 Å². The van der Waals surface area contributed by atoms with E-state index in [0.29, 0.717) is 0 Å². The summed E-state index contributed by atoms with van der Waals surface area (Å²) >= 11 is 3.40. The predicted octanol–water partition coefficient (Wildman–Crippen LogP) is 4.85. The Balaban J connectivity index is 3.03. The molecule has 0 N–H and O–H groups in total. The quantitative estimate of drug-likeness (QED) is 0.325. The van der Waals surface area contributed by atoms with Crippen molar-refractivity contribution in [2.24, 2.45) is 0 Å². The number of alkyl halides is 1. The van der Waals surface area contributed by atoms with E-state index in [1.165, 1.54) is 32.1 Å². The van der Waals surface area contributed by atoms with Crippen LogP contribution in [-0.4, -0.2) is 5.33 Å². The van der Waals surface area contributed by atoms with Crippen LogP contribution in [0.1, 0.15) is 45.4 Å². The number of hydrogen-bond donors (Lipinski definition) is 0. The molecule has 0 unspecified atom stereocenters. The zero-order valence-corrected chi connectivity index (χ0v) is 10.2. The number of rotatable bonds is 8. The third-order valence-corrected chi connectivity index (χ3v) is 2.29. The minimum atomic E-state index is 1.09. The average molecular weight is 245 g/mol. The van der Waals surface area contributed by atoms with Crippen LogP contribution in [0.4, 0.5) is 0 Å². The van der Waals surface area contributed by atoms with Crippen molar-refractivity contribution >= 4 is 15.9 Å². The van der Waals surface area contributed by atoms with E-state index in [2.05, 4.69) is 47.2 Å². The van der Waals surface area contributed by atoms with Gasteiger partial charge < -0.3 is 0 Å². The largest absolute Gasteiger partial charge is 0.0925 e. The zero-order valence-electron chi connectivity index (χ0n) is 8.64. The fraction of sp³-hybridized carbons (Fsp3) is 0.667. The van der Waals surface area contributed by atoms with Crippen molar-refractivity contribution in [1.82, 2.24) is 0 Å². The van der Waals surface area contributed by atoms with Crippen molar-refractivity contribution in [3.63, 3.8) is 0 Å². The first-order chi connectivity index (χ1) is 6.41. The van der Waals surface area contributed by atoms with Gasteiger partial charge in [-0.15, -0.1) is 0 Å². The van der Waals surface area contributed by atoms with Gasteiger partial charge in [0.15, 0.2) is 0 Å². The molecular formula is C12H21Br. The smallest absolute Gasteiger partial charge is 0.00659 e. The first-order valence-electron chi connectivity index (χ1n) is 5.27. The monoisotopic (exact) mass is 244 g/mol. The molecule has 0 bridgehead atoms. The van der Waals surface area contributed by atoms with E-state index in [4.69, 9.17) is 0 Å². The molecule has 0 aromatic rings. The fourth-order valence-electron chi connectivity index (χ4n) is 1.11. The lowest BCUT2D eigenvalue weighted by atomic mass is 10.1. The number of hydrogen-bond acceptors (Lipinski definition) is 0. The molecule has 0 rings (SSSR count). The van der Waals surface area contributed by atoms with Crippen LogP contribution in [0.3, 0.4) is 0 Å². The molecule has 0 heterocycles. The maximum atomic E-state index is 3.40. The maximum Gasteiger partial charge on any atom is 0.00659 e. The summed E-state index contributed by atoms with van der Waals surface area (Å²) in [4.78, 5) is 0. The Hall–Kier alpha value is -0.0400.